The standard InChI is InChI=1S/C29H43NO6S/c1-7-34-22(5)36-28(18-30)20(3)24-14-16-29(6)26(21(4)31)12-13-27(29)25(24)15-17-35-37(32,33)23-10-8-19(2)9-11-23/h8-11,20,22,24-28H,7,12-17H2,1-6H3/t20?,22?,24-,25-,26+,27+,28?,29-/m1/s1. The SMILES string of the molecule is CCOC(C)OC(C#N)C(C)[C@H]1CC[C@]2(C)[C@H](C(C)=O)CC[C@H]2[C@@H]1CCOS(=O)(=O)c1ccc(C)cc1. The van der Waals surface area contributed by atoms with Crippen LogP contribution in [0.15, 0.2) is 29.2 Å². The predicted molar refractivity (Wildman–Crippen MR) is 141 cm³/mol. The number of carbonyl (C=O) groups excluding carboxylic acids is 1. The van der Waals surface area contributed by atoms with E-state index in [1.165, 1.54) is 0 Å². The monoisotopic (exact) mass is 533 g/mol. The van der Waals surface area contributed by atoms with Crippen LogP contribution in [-0.4, -0.2) is 39.8 Å². The predicted octanol–water partition coefficient (Wildman–Crippen LogP) is 5.67. The van der Waals surface area contributed by atoms with Crippen molar-refractivity contribution in [2.45, 2.75) is 90.9 Å². The number of nitrogens with zero attached hydrogens (tertiary/aromatic N) is 1. The molecule has 0 N–H and O–H groups in total. The van der Waals surface area contributed by atoms with Crippen molar-refractivity contribution in [1.29, 1.82) is 5.26 Å². The summed E-state index contributed by atoms with van der Waals surface area (Å²) in [5, 5.41) is 9.93. The molecule has 3 rings (SSSR count). The summed E-state index contributed by atoms with van der Waals surface area (Å²) in [7, 11) is -3.87. The smallest absolute Gasteiger partial charge is 0.296 e. The molecule has 8 atom stereocenters. The number of ether oxygens (including phenoxy) is 2. The highest BCUT2D eigenvalue weighted by molar-refractivity contribution is 7.86. The minimum atomic E-state index is -3.87. The molecular formula is C29H43NO6S. The number of ketones is 1. The number of nitriles is 1. The Morgan fingerprint density at radius 2 is 1.86 bits per heavy atom. The number of benzene rings is 1. The molecule has 0 spiro atoms. The third-order valence-corrected chi connectivity index (χ3v) is 10.3. The fourth-order valence-electron chi connectivity index (χ4n) is 7.10. The Balaban J connectivity index is 1.81. The summed E-state index contributed by atoms with van der Waals surface area (Å²) < 4.78 is 42.6. The normalized spacial score (nSPS) is 30.2. The van der Waals surface area contributed by atoms with Crippen LogP contribution in [-0.2, 0) is 28.6 Å². The quantitative estimate of drug-likeness (QED) is 0.252. The highest BCUT2D eigenvalue weighted by Crippen LogP contribution is 2.61. The third-order valence-electron chi connectivity index (χ3n) is 9.00. The van der Waals surface area contributed by atoms with Gasteiger partial charge in [0.2, 0.25) is 0 Å². The lowest BCUT2D eigenvalue weighted by molar-refractivity contribution is -0.164. The van der Waals surface area contributed by atoms with Gasteiger partial charge in [0.25, 0.3) is 10.1 Å². The molecule has 0 heterocycles. The number of aryl methyl sites for hydroxylation is 1. The first-order valence-corrected chi connectivity index (χ1v) is 15.0. The zero-order valence-corrected chi connectivity index (χ0v) is 23.9. The van der Waals surface area contributed by atoms with E-state index < -0.39 is 22.5 Å². The largest absolute Gasteiger partial charge is 0.353 e. The van der Waals surface area contributed by atoms with Crippen LogP contribution in [0, 0.1) is 53.3 Å². The van der Waals surface area contributed by atoms with Crippen molar-refractivity contribution in [2.75, 3.05) is 13.2 Å². The minimum absolute atomic E-state index is 0.0226. The summed E-state index contributed by atoms with van der Waals surface area (Å²) in [5.74, 6) is 0.706. The van der Waals surface area contributed by atoms with Gasteiger partial charge in [0.05, 0.1) is 17.6 Å². The van der Waals surface area contributed by atoms with Crippen LogP contribution in [0.3, 0.4) is 0 Å². The number of carbonyl (C=O) groups is 1. The van der Waals surface area contributed by atoms with Crippen molar-refractivity contribution < 1.29 is 26.9 Å². The van der Waals surface area contributed by atoms with Gasteiger partial charge in [-0.1, -0.05) is 31.5 Å². The lowest BCUT2D eigenvalue weighted by Crippen LogP contribution is -2.47. The molecular weight excluding hydrogens is 490 g/mol. The lowest BCUT2D eigenvalue weighted by atomic mass is 9.54. The maximum Gasteiger partial charge on any atom is 0.296 e. The van der Waals surface area contributed by atoms with Crippen LogP contribution in [0.1, 0.15) is 72.3 Å². The lowest BCUT2D eigenvalue weighted by Gasteiger charge is -2.50. The average Bonchev–Trinajstić information content (AvgIpc) is 3.20. The van der Waals surface area contributed by atoms with Gasteiger partial charge < -0.3 is 9.47 Å². The molecule has 0 saturated heterocycles. The van der Waals surface area contributed by atoms with Gasteiger partial charge in [-0.2, -0.15) is 13.7 Å². The Hall–Kier alpha value is -1.79. The van der Waals surface area contributed by atoms with E-state index in [-0.39, 0.29) is 52.3 Å². The number of hydrogen-bond donors (Lipinski definition) is 0. The molecule has 2 aliphatic rings. The summed E-state index contributed by atoms with van der Waals surface area (Å²) in [4.78, 5) is 12.7. The molecule has 0 aromatic heterocycles. The van der Waals surface area contributed by atoms with Crippen LogP contribution in [0.25, 0.3) is 0 Å². The van der Waals surface area contributed by atoms with Crippen molar-refractivity contribution in [3.63, 3.8) is 0 Å². The van der Waals surface area contributed by atoms with Gasteiger partial charge >= 0.3 is 0 Å². The molecule has 0 radical (unpaired) electrons. The van der Waals surface area contributed by atoms with Gasteiger partial charge in [-0.05, 0) is 101 Å². The van der Waals surface area contributed by atoms with E-state index in [4.69, 9.17) is 13.7 Å². The summed E-state index contributed by atoms with van der Waals surface area (Å²) in [6.07, 6.45) is 2.97. The number of fused-ring (bicyclic) bond motifs is 1. The third kappa shape index (κ3) is 6.62. The van der Waals surface area contributed by atoms with Crippen LogP contribution in [0.2, 0.25) is 0 Å². The molecule has 0 amide bonds. The van der Waals surface area contributed by atoms with Gasteiger partial charge in [0, 0.05) is 12.5 Å². The first kappa shape index (κ1) is 29.8. The minimum Gasteiger partial charge on any atom is -0.353 e. The van der Waals surface area contributed by atoms with Gasteiger partial charge in [-0.15, -0.1) is 0 Å². The first-order chi connectivity index (χ1) is 17.4. The molecule has 206 valence electrons. The topological polar surface area (TPSA) is 103 Å². The van der Waals surface area contributed by atoms with Gasteiger partial charge in [-0.25, -0.2) is 0 Å². The maximum atomic E-state index is 12.8. The highest BCUT2D eigenvalue weighted by Gasteiger charge is 2.56. The van der Waals surface area contributed by atoms with Crippen LogP contribution in [0.5, 0.6) is 0 Å². The molecule has 2 fully saturated rings. The zero-order chi connectivity index (χ0) is 27.4. The number of Topliss-reactive ketones (excluding diaryl/α,β-unsaturated/α-hetero) is 1. The molecule has 0 bridgehead atoms. The van der Waals surface area contributed by atoms with E-state index in [0.717, 1.165) is 31.2 Å². The zero-order valence-electron chi connectivity index (χ0n) is 23.1. The van der Waals surface area contributed by atoms with Crippen LogP contribution < -0.4 is 0 Å². The molecule has 37 heavy (non-hydrogen) atoms. The average molecular weight is 534 g/mol. The summed E-state index contributed by atoms with van der Waals surface area (Å²) >= 11 is 0. The molecule has 2 saturated carbocycles. The Morgan fingerprint density at radius 1 is 1.19 bits per heavy atom. The molecule has 7 nitrogen and oxygen atoms in total. The van der Waals surface area contributed by atoms with E-state index >= 15 is 0 Å². The van der Waals surface area contributed by atoms with E-state index in [2.05, 4.69) is 13.0 Å². The summed E-state index contributed by atoms with van der Waals surface area (Å²) in [5.41, 5.74) is 0.857. The van der Waals surface area contributed by atoms with Crippen molar-refractivity contribution in [3.8, 4) is 6.07 Å². The highest BCUT2D eigenvalue weighted by atomic mass is 32.2. The van der Waals surface area contributed by atoms with Gasteiger partial charge in [0.1, 0.15) is 11.9 Å². The molecule has 8 heteroatoms. The fourth-order valence-corrected chi connectivity index (χ4v) is 8.02. The Labute approximate surface area is 223 Å². The molecule has 2 aliphatic carbocycles. The Bertz CT molecular complexity index is 1060. The first-order valence-electron chi connectivity index (χ1n) is 13.6. The molecule has 1 aromatic carbocycles. The van der Waals surface area contributed by atoms with E-state index in [1.807, 2.05) is 20.8 Å². The second kappa shape index (κ2) is 12.4. The molecule has 3 unspecified atom stereocenters. The van der Waals surface area contributed by atoms with Crippen molar-refractivity contribution >= 4 is 15.9 Å². The van der Waals surface area contributed by atoms with E-state index in [0.29, 0.717) is 13.0 Å². The van der Waals surface area contributed by atoms with Gasteiger partial charge in [0.15, 0.2) is 6.29 Å². The molecule has 1 aromatic rings. The van der Waals surface area contributed by atoms with Crippen molar-refractivity contribution in [3.05, 3.63) is 29.8 Å². The maximum absolute atomic E-state index is 12.8. The van der Waals surface area contributed by atoms with Crippen LogP contribution >= 0.6 is 0 Å². The van der Waals surface area contributed by atoms with E-state index in [1.54, 1.807) is 38.1 Å². The van der Waals surface area contributed by atoms with E-state index in [9.17, 15) is 18.5 Å². The fraction of sp³-hybridized carbons (Fsp3) is 0.724. The second-order valence-corrected chi connectivity index (χ2v) is 12.8. The van der Waals surface area contributed by atoms with Gasteiger partial charge in [-0.3, -0.25) is 8.98 Å². The number of hydrogen-bond acceptors (Lipinski definition) is 7. The van der Waals surface area contributed by atoms with Crippen LogP contribution in [0.4, 0.5) is 0 Å². The summed E-state index contributed by atoms with van der Waals surface area (Å²) in [6, 6.07) is 8.97. The second-order valence-electron chi connectivity index (χ2n) is 11.2. The van der Waals surface area contributed by atoms with Crippen molar-refractivity contribution in [1.82, 2.24) is 0 Å². The summed E-state index contributed by atoms with van der Waals surface area (Å²) in [6.45, 7) is 12.1. The number of rotatable bonds is 12. The van der Waals surface area contributed by atoms with Crippen molar-refractivity contribution in [2.24, 2.45) is 35.0 Å². The molecule has 0 aliphatic heterocycles. The Kier molecular flexibility index (Phi) is 9.96. The Morgan fingerprint density at radius 3 is 2.46 bits per heavy atom.